The maximum Gasteiger partial charge on any atom is 0.387 e. The summed E-state index contributed by atoms with van der Waals surface area (Å²) in [6, 6.07) is 5.86. The maximum absolute atomic E-state index is 12.3. The fraction of sp³-hybridized carbons (Fsp3) is 0.214. The highest BCUT2D eigenvalue weighted by molar-refractivity contribution is 7.98. The zero-order valence-electron chi connectivity index (χ0n) is 12.1. The number of hydrogen-bond donors (Lipinski definition) is 1. The van der Waals surface area contributed by atoms with Crippen molar-refractivity contribution in [3.05, 3.63) is 34.1 Å². The molecule has 2 rings (SSSR count). The Morgan fingerprint density at radius 1 is 1.39 bits per heavy atom. The molecule has 0 unspecified atom stereocenters. The molecule has 0 fully saturated rings. The van der Waals surface area contributed by atoms with Gasteiger partial charge in [0.2, 0.25) is 0 Å². The van der Waals surface area contributed by atoms with E-state index >= 15 is 0 Å². The van der Waals surface area contributed by atoms with Crippen molar-refractivity contribution in [3.8, 4) is 28.8 Å². The van der Waals surface area contributed by atoms with Gasteiger partial charge in [-0.1, -0.05) is 11.8 Å². The van der Waals surface area contributed by atoms with E-state index in [1.807, 2.05) is 0 Å². The van der Waals surface area contributed by atoms with Gasteiger partial charge in [-0.05, 0) is 24.5 Å². The van der Waals surface area contributed by atoms with Gasteiger partial charge in [0.15, 0.2) is 16.7 Å². The van der Waals surface area contributed by atoms with E-state index in [1.165, 1.54) is 37.1 Å². The number of aromatic nitrogens is 2. The Balaban J connectivity index is 2.61. The summed E-state index contributed by atoms with van der Waals surface area (Å²) in [6.45, 7) is -3.00. The summed E-state index contributed by atoms with van der Waals surface area (Å²) in [7, 11) is 1.29. The number of rotatable bonds is 5. The molecule has 0 aliphatic heterocycles. The summed E-state index contributed by atoms with van der Waals surface area (Å²) in [5.41, 5.74) is -0.231. The lowest BCUT2D eigenvalue weighted by Gasteiger charge is -2.12. The average molecular weight is 339 g/mol. The highest BCUT2D eigenvalue weighted by Gasteiger charge is 2.17. The number of benzene rings is 1. The van der Waals surface area contributed by atoms with E-state index in [-0.39, 0.29) is 22.8 Å². The van der Waals surface area contributed by atoms with Crippen molar-refractivity contribution in [2.75, 3.05) is 13.4 Å². The van der Waals surface area contributed by atoms with Crippen molar-refractivity contribution in [2.45, 2.75) is 11.8 Å². The highest BCUT2D eigenvalue weighted by Crippen LogP contribution is 2.33. The number of nitrogens with zero attached hydrogens (tertiary/aromatic N) is 2. The van der Waals surface area contributed by atoms with Crippen molar-refractivity contribution < 1.29 is 18.3 Å². The third-order valence-corrected chi connectivity index (χ3v) is 3.44. The minimum Gasteiger partial charge on any atom is -0.493 e. The molecule has 0 aliphatic carbocycles. The van der Waals surface area contributed by atoms with Crippen LogP contribution in [0, 0.1) is 11.3 Å². The van der Waals surface area contributed by atoms with Gasteiger partial charge >= 0.3 is 6.61 Å². The van der Waals surface area contributed by atoms with Crippen molar-refractivity contribution >= 4 is 11.8 Å². The van der Waals surface area contributed by atoms with Crippen LogP contribution in [0.1, 0.15) is 5.56 Å². The molecule has 0 atom stereocenters. The van der Waals surface area contributed by atoms with Gasteiger partial charge in [-0.15, -0.1) is 0 Å². The number of thioether (sulfide) groups is 1. The second kappa shape index (κ2) is 7.11. The Hall–Kier alpha value is -2.60. The molecule has 6 nitrogen and oxygen atoms in total. The summed E-state index contributed by atoms with van der Waals surface area (Å²) in [6.07, 6.45) is 1.72. The van der Waals surface area contributed by atoms with Crippen LogP contribution < -0.4 is 15.0 Å². The summed E-state index contributed by atoms with van der Waals surface area (Å²) < 4.78 is 34.0. The molecule has 0 saturated carbocycles. The quantitative estimate of drug-likeness (QED) is 0.665. The number of nitriles is 1. The Morgan fingerprint density at radius 3 is 2.70 bits per heavy atom. The van der Waals surface area contributed by atoms with Crippen LogP contribution in [0.2, 0.25) is 0 Å². The van der Waals surface area contributed by atoms with E-state index in [0.29, 0.717) is 10.7 Å². The van der Waals surface area contributed by atoms with Crippen LogP contribution in [-0.2, 0) is 0 Å². The molecular weight excluding hydrogens is 328 g/mol. The van der Waals surface area contributed by atoms with Crippen LogP contribution in [0.25, 0.3) is 11.3 Å². The van der Waals surface area contributed by atoms with Gasteiger partial charge in [0.05, 0.1) is 12.8 Å². The number of halogens is 2. The minimum atomic E-state index is -3.00. The molecule has 1 aromatic carbocycles. The molecule has 2 aromatic rings. The van der Waals surface area contributed by atoms with Gasteiger partial charge in [0.25, 0.3) is 5.56 Å². The van der Waals surface area contributed by atoms with Crippen LogP contribution in [0.3, 0.4) is 0 Å². The first-order valence-corrected chi connectivity index (χ1v) is 7.44. The first kappa shape index (κ1) is 16.8. The maximum atomic E-state index is 12.3. The van der Waals surface area contributed by atoms with E-state index < -0.39 is 12.2 Å². The van der Waals surface area contributed by atoms with Crippen molar-refractivity contribution in [1.82, 2.24) is 9.97 Å². The van der Waals surface area contributed by atoms with E-state index in [4.69, 9.17) is 10.00 Å². The molecule has 0 bridgehead atoms. The molecular formula is C14H11F2N3O3S. The highest BCUT2D eigenvalue weighted by atomic mass is 32.2. The van der Waals surface area contributed by atoms with Gasteiger partial charge in [-0.2, -0.15) is 14.0 Å². The molecule has 0 amide bonds. The lowest BCUT2D eigenvalue weighted by molar-refractivity contribution is -0.0512. The number of H-pyrrole nitrogens is 1. The van der Waals surface area contributed by atoms with Crippen LogP contribution in [-0.4, -0.2) is 29.9 Å². The second-order valence-corrected chi connectivity index (χ2v) is 4.95. The fourth-order valence-corrected chi connectivity index (χ4v) is 2.25. The predicted molar refractivity (Wildman–Crippen MR) is 80.0 cm³/mol. The van der Waals surface area contributed by atoms with Gasteiger partial charge in [0, 0.05) is 5.56 Å². The molecule has 0 aliphatic rings. The van der Waals surface area contributed by atoms with Crippen molar-refractivity contribution in [2.24, 2.45) is 0 Å². The third kappa shape index (κ3) is 3.60. The summed E-state index contributed by atoms with van der Waals surface area (Å²) in [5, 5.41) is 9.48. The lowest BCUT2D eigenvalue weighted by atomic mass is 10.1. The standard InChI is InChI=1S/C14H11F2N3O3S/c1-21-10-5-7(3-4-9(10)22-13(15)16)11-8(6-17)12(20)19-14(18-11)23-2/h3-5,13H,1-2H3,(H,18,19,20). The van der Waals surface area contributed by atoms with E-state index in [2.05, 4.69) is 14.7 Å². The largest absolute Gasteiger partial charge is 0.493 e. The lowest BCUT2D eigenvalue weighted by Crippen LogP contribution is -2.14. The van der Waals surface area contributed by atoms with Gasteiger partial charge in [0.1, 0.15) is 11.6 Å². The van der Waals surface area contributed by atoms with E-state index in [9.17, 15) is 13.6 Å². The van der Waals surface area contributed by atoms with E-state index in [0.717, 1.165) is 0 Å². The number of alkyl halides is 2. The minimum absolute atomic E-state index is 0.0412. The average Bonchev–Trinajstić information content (AvgIpc) is 2.53. The number of ether oxygens (including phenoxy) is 2. The molecule has 23 heavy (non-hydrogen) atoms. The molecule has 0 saturated heterocycles. The molecule has 120 valence electrons. The number of methoxy groups -OCH3 is 1. The molecule has 0 spiro atoms. The SMILES string of the molecule is COc1cc(-c2nc(SC)[nH]c(=O)c2C#N)ccc1OC(F)F. The number of aromatic amines is 1. The zero-order chi connectivity index (χ0) is 17.0. The molecule has 1 N–H and O–H groups in total. The van der Waals surface area contributed by atoms with Crippen molar-refractivity contribution in [1.29, 1.82) is 5.26 Å². The smallest absolute Gasteiger partial charge is 0.387 e. The first-order valence-electron chi connectivity index (χ1n) is 6.21. The number of hydrogen-bond acceptors (Lipinski definition) is 6. The zero-order valence-corrected chi connectivity index (χ0v) is 12.9. The molecule has 0 radical (unpaired) electrons. The summed E-state index contributed by atoms with van der Waals surface area (Å²) >= 11 is 1.20. The normalized spacial score (nSPS) is 10.4. The number of nitrogens with one attached hydrogen (secondary N) is 1. The second-order valence-electron chi connectivity index (χ2n) is 4.15. The Bertz CT molecular complexity index is 818. The third-order valence-electron chi connectivity index (χ3n) is 2.86. The van der Waals surface area contributed by atoms with Crippen LogP contribution in [0.5, 0.6) is 11.5 Å². The molecule has 9 heteroatoms. The Labute approximate surface area is 134 Å². The van der Waals surface area contributed by atoms with E-state index in [1.54, 1.807) is 12.3 Å². The molecule has 1 heterocycles. The first-order chi connectivity index (χ1) is 11.0. The fourth-order valence-electron chi connectivity index (χ4n) is 1.87. The van der Waals surface area contributed by atoms with Crippen molar-refractivity contribution in [3.63, 3.8) is 0 Å². The van der Waals surface area contributed by atoms with Crippen LogP contribution >= 0.6 is 11.8 Å². The summed E-state index contributed by atoms with van der Waals surface area (Å²) in [5.74, 6) is -0.112. The van der Waals surface area contributed by atoms with Gasteiger partial charge < -0.3 is 14.5 Å². The summed E-state index contributed by atoms with van der Waals surface area (Å²) in [4.78, 5) is 18.6. The van der Waals surface area contributed by atoms with Gasteiger partial charge in [-0.3, -0.25) is 4.79 Å². The molecule has 1 aromatic heterocycles. The Morgan fingerprint density at radius 2 is 2.13 bits per heavy atom. The van der Waals surface area contributed by atoms with Crippen LogP contribution in [0.15, 0.2) is 28.2 Å². The monoisotopic (exact) mass is 339 g/mol. The predicted octanol–water partition coefficient (Wildman–Crippen LogP) is 2.64. The van der Waals surface area contributed by atoms with Crippen LogP contribution in [0.4, 0.5) is 8.78 Å². The topological polar surface area (TPSA) is 88.0 Å². The van der Waals surface area contributed by atoms with Gasteiger partial charge in [-0.25, -0.2) is 4.98 Å². The Kier molecular flexibility index (Phi) is 5.18.